The minimum atomic E-state index is -3.96. The first-order valence-corrected chi connectivity index (χ1v) is 12.2. The Hall–Kier alpha value is -2.24. The van der Waals surface area contributed by atoms with Gasteiger partial charge in [-0.3, -0.25) is 10.1 Å². The minimum absolute atomic E-state index is 0.0112. The largest absolute Gasteiger partial charge is 0.490 e. The van der Waals surface area contributed by atoms with Crippen LogP contribution in [0, 0.1) is 5.92 Å². The predicted octanol–water partition coefficient (Wildman–Crippen LogP) is 2.52. The highest BCUT2D eigenvalue weighted by atomic mass is 32.2. The number of ether oxygens (including phenoxy) is 2. The van der Waals surface area contributed by atoms with Crippen molar-refractivity contribution in [2.45, 2.75) is 50.0 Å². The summed E-state index contributed by atoms with van der Waals surface area (Å²) in [5, 5.41) is 12.1. The van der Waals surface area contributed by atoms with E-state index >= 15 is 0 Å². The molecule has 2 heterocycles. The second-order valence-corrected chi connectivity index (χ2v) is 10.4. The first kappa shape index (κ1) is 21.0. The molecule has 2 aromatic rings. The molecule has 2 aliphatic rings. The normalized spacial score (nSPS) is 17.4. The number of carbonyl (C=O) groups is 1. The maximum Gasteiger partial charge on any atom is 0.244 e. The molecule has 1 saturated carbocycles. The quantitative estimate of drug-likeness (QED) is 0.662. The highest BCUT2D eigenvalue weighted by Crippen LogP contribution is 2.42. The highest BCUT2D eigenvalue weighted by Gasteiger charge is 2.31. The standard InChI is InChI=1S/C19H24N4O5S2/c1-11(2)16(17(24)20-19-22-21-18(29-19)12-4-5-12)23-30(25,26)13-6-7-14-15(10-13)28-9-3-8-27-14/h6-7,10-12,16,23H,3-5,8-9H2,1-2H3,(H,20,22,24). The lowest BCUT2D eigenvalue weighted by atomic mass is 10.1. The number of nitrogens with one attached hydrogen (secondary N) is 2. The van der Waals surface area contributed by atoms with E-state index in [0.29, 0.717) is 35.8 Å². The molecule has 2 N–H and O–H groups in total. The molecule has 1 aromatic carbocycles. The molecule has 1 atom stereocenters. The van der Waals surface area contributed by atoms with Crippen molar-refractivity contribution < 1.29 is 22.7 Å². The summed E-state index contributed by atoms with van der Waals surface area (Å²) in [5.41, 5.74) is 0. The van der Waals surface area contributed by atoms with Gasteiger partial charge in [-0.15, -0.1) is 10.2 Å². The van der Waals surface area contributed by atoms with Crippen LogP contribution in [-0.2, 0) is 14.8 Å². The van der Waals surface area contributed by atoms with Crippen molar-refractivity contribution >= 4 is 32.4 Å². The number of sulfonamides is 1. The average molecular weight is 453 g/mol. The SMILES string of the molecule is CC(C)C(NS(=O)(=O)c1ccc2c(c1)OCCCO2)C(=O)Nc1nnc(C2CC2)s1. The molecule has 1 aromatic heterocycles. The van der Waals surface area contributed by atoms with E-state index < -0.39 is 22.0 Å². The van der Waals surface area contributed by atoms with Crippen molar-refractivity contribution in [3.8, 4) is 11.5 Å². The lowest BCUT2D eigenvalue weighted by Crippen LogP contribution is -2.47. The van der Waals surface area contributed by atoms with Gasteiger partial charge in [0.15, 0.2) is 11.5 Å². The van der Waals surface area contributed by atoms with Crippen LogP contribution in [0.2, 0.25) is 0 Å². The summed E-state index contributed by atoms with van der Waals surface area (Å²) in [6.07, 6.45) is 2.90. The van der Waals surface area contributed by atoms with Gasteiger partial charge in [0, 0.05) is 18.4 Å². The van der Waals surface area contributed by atoms with E-state index in [1.165, 1.54) is 23.5 Å². The van der Waals surface area contributed by atoms with Gasteiger partial charge in [0.05, 0.1) is 18.1 Å². The van der Waals surface area contributed by atoms with Crippen molar-refractivity contribution in [3.05, 3.63) is 23.2 Å². The van der Waals surface area contributed by atoms with Crippen molar-refractivity contribution in [2.75, 3.05) is 18.5 Å². The number of amides is 1. The number of carbonyl (C=O) groups excluding carboxylic acids is 1. The Morgan fingerprint density at radius 3 is 2.60 bits per heavy atom. The zero-order valence-electron chi connectivity index (χ0n) is 16.8. The van der Waals surface area contributed by atoms with Gasteiger partial charge in [0.25, 0.3) is 0 Å². The average Bonchev–Trinajstić information content (AvgIpc) is 3.49. The number of rotatable bonds is 7. The number of nitrogens with zero attached hydrogens (tertiary/aromatic N) is 2. The van der Waals surface area contributed by atoms with Crippen molar-refractivity contribution in [1.82, 2.24) is 14.9 Å². The molecule has 30 heavy (non-hydrogen) atoms. The molecule has 11 heteroatoms. The Morgan fingerprint density at radius 1 is 1.17 bits per heavy atom. The molecule has 4 rings (SSSR count). The maximum atomic E-state index is 13.0. The fraction of sp³-hybridized carbons (Fsp3) is 0.526. The molecule has 162 valence electrons. The van der Waals surface area contributed by atoms with Crippen LogP contribution in [-0.4, -0.2) is 43.8 Å². The summed E-state index contributed by atoms with van der Waals surface area (Å²) in [7, 11) is -3.96. The Labute approximate surface area is 179 Å². The van der Waals surface area contributed by atoms with E-state index in [9.17, 15) is 13.2 Å². The van der Waals surface area contributed by atoms with Crippen LogP contribution in [0.4, 0.5) is 5.13 Å². The number of fused-ring (bicyclic) bond motifs is 1. The molecule has 1 aliphatic carbocycles. The fourth-order valence-corrected chi connectivity index (χ4v) is 5.28. The third-order valence-corrected chi connectivity index (χ3v) is 7.30. The van der Waals surface area contributed by atoms with E-state index in [0.717, 1.165) is 24.3 Å². The number of hydrogen-bond acceptors (Lipinski definition) is 8. The molecule has 0 radical (unpaired) electrons. The van der Waals surface area contributed by atoms with Gasteiger partial charge >= 0.3 is 0 Å². The molecule has 0 saturated heterocycles. The van der Waals surface area contributed by atoms with Crippen LogP contribution in [0.5, 0.6) is 11.5 Å². The van der Waals surface area contributed by atoms with Gasteiger partial charge in [0.1, 0.15) is 11.0 Å². The van der Waals surface area contributed by atoms with Crippen LogP contribution >= 0.6 is 11.3 Å². The molecule has 1 aliphatic heterocycles. The minimum Gasteiger partial charge on any atom is -0.490 e. The zero-order chi connectivity index (χ0) is 21.3. The third-order valence-electron chi connectivity index (χ3n) is 4.86. The van der Waals surface area contributed by atoms with Gasteiger partial charge in [0.2, 0.25) is 21.1 Å². The van der Waals surface area contributed by atoms with Gasteiger partial charge in [-0.2, -0.15) is 4.72 Å². The molecular weight excluding hydrogens is 428 g/mol. The van der Waals surface area contributed by atoms with Gasteiger partial charge in [-0.1, -0.05) is 25.2 Å². The lowest BCUT2D eigenvalue weighted by molar-refractivity contribution is -0.118. The molecule has 1 amide bonds. The van der Waals surface area contributed by atoms with Crippen LogP contribution in [0.15, 0.2) is 23.1 Å². The van der Waals surface area contributed by atoms with Gasteiger partial charge in [-0.25, -0.2) is 8.42 Å². The van der Waals surface area contributed by atoms with Crippen LogP contribution < -0.4 is 19.5 Å². The van der Waals surface area contributed by atoms with E-state index in [4.69, 9.17) is 9.47 Å². The Bertz CT molecular complexity index is 1030. The van der Waals surface area contributed by atoms with Gasteiger partial charge < -0.3 is 9.47 Å². The first-order valence-electron chi connectivity index (χ1n) is 9.90. The molecule has 1 fully saturated rings. The summed E-state index contributed by atoms with van der Waals surface area (Å²) >= 11 is 1.33. The Kier molecular flexibility index (Phi) is 5.94. The van der Waals surface area contributed by atoms with Crippen molar-refractivity contribution in [1.29, 1.82) is 0 Å². The van der Waals surface area contributed by atoms with E-state index in [1.54, 1.807) is 19.9 Å². The zero-order valence-corrected chi connectivity index (χ0v) is 18.4. The van der Waals surface area contributed by atoms with Crippen molar-refractivity contribution in [3.63, 3.8) is 0 Å². The number of anilines is 1. The Morgan fingerprint density at radius 2 is 1.90 bits per heavy atom. The monoisotopic (exact) mass is 452 g/mol. The Balaban J connectivity index is 1.49. The van der Waals surface area contributed by atoms with Gasteiger partial charge in [-0.05, 0) is 30.9 Å². The molecular formula is C19H24N4O5S2. The predicted molar refractivity (Wildman–Crippen MR) is 112 cm³/mol. The molecule has 9 nitrogen and oxygen atoms in total. The van der Waals surface area contributed by atoms with Crippen LogP contribution in [0.1, 0.15) is 44.0 Å². The second kappa shape index (κ2) is 8.48. The maximum absolute atomic E-state index is 13.0. The van der Waals surface area contributed by atoms with E-state index in [-0.39, 0.29) is 10.8 Å². The summed E-state index contributed by atoms with van der Waals surface area (Å²) in [6, 6.07) is 3.46. The number of hydrogen-bond donors (Lipinski definition) is 2. The van der Waals surface area contributed by atoms with Crippen LogP contribution in [0.25, 0.3) is 0 Å². The third kappa shape index (κ3) is 4.73. The smallest absolute Gasteiger partial charge is 0.244 e. The fourth-order valence-electron chi connectivity index (χ4n) is 3.00. The number of aromatic nitrogens is 2. The summed E-state index contributed by atoms with van der Waals surface area (Å²) in [6.45, 7) is 4.51. The summed E-state index contributed by atoms with van der Waals surface area (Å²) in [4.78, 5) is 12.8. The first-order chi connectivity index (χ1) is 14.3. The molecule has 0 bridgehead atoms. The highest BCUT2D eigenvalue weighted by molar-refractivity contribution is 7.89. The van der Waals surface area contributed by atoms with Crippen LogP contribution in [0.3, 0.4) is 0 Å². The number of benzene rings is 1. The van der Waals surface area contributed by atoms with E-state index in [1.807, 2.05) is 0 Å². The van der Waals surface area contributed by atoms with Crippen molar-refractivity contribution in [2.24, 2.45) is 5.92 Å². The second-order valence-electron chi connectivity index (χ2n) is 7.71. The topological polar surface area (TPSA) is 120 Å². The summed E-state index contributed by atoms with van der Waals surface area (Å²) in [5.74, 6) is 0.569. The lowest BCUT2D eigenvalue weighted by Gasteiger charge is -2.21. The molecule has 0 spiro atoms. The van der Waals surface area contributed by atoms with E-state index in [2.05, 4.69) is 20.2 Å². The summed E-state index contributed by atoms with van der Waals surface area (Å²) < 4.78 is 39.6. The molecule has 1 unspecified atom stereocenters.